The Hall–Kier alpha value is -0.980. The molecule has 1 aromatic carbocycles. The summed E-state index contributed by atoms with van der Waals surface area (Å²) in [6.45, 7) is 2.22. The van der Waals surface area contributed by atoms with Crippen molar-refractivity contribution >= 4 is 23.1 Å². The molecule has 84 valence electrons. The first-order valence-electron chi connectivity index (χ1n) is 4.65. The van der Waals surface area contributed by atoms with Crippen LogP contribution in [-0.2, 0) is 6.54 Å². The lowest BCUT2D eigenvalue weighted by molar-refractivity contribution is 0.621. The van der Waals surface area contributed by atoms with Crippen LogP contribution >= 0.6 is 23.1 Å². The molecule has 0 amide bonds. The minimum Gasteiger partial charge on any atom is -0.326 e. The summed E-state index contributed by atoms with van der Waals surface area (Å²) in [6.07, 6.45) is 0. The van der Waals surface area contributed by atoms with Crippen molar-refractivity contribution in [2.24, 2.45) is 5.73 Å². The van der Waals surface area contributed by atoms with Crippen LogP contribution in [0.1, 0.15) is 10.6 Å². The lowest BCUT2D eigenvalue weighted by Gasteiger charge is -2.01. The number of hydrogen-bond acceptors (Lipinski definition) is 5. The van der Waals surface area contributed by atoms with Crippen LogP contribution in [0.4, 0.5) is 4.39 Å². The summed E-state index contributed by atoms with van der Waals surface area (Å²) in [5.74, 6) is -0.272. The fourth-order valence-electron chi connectivity index (χ4n) is 1.22. The van der Waals surface area contributed by atoms with Crippen LogP contribution in [0.15, 0.2) is 27.4 Å². The van der Waals surface area contributed by atoms with E-state index in [9.17, 15) is 4.39 Å². The SMILES string of the molecule is Cc1nnc(Sc2cc(F)cc(CN)c2)s1. The first-order chi connectivity index (χ1) is 7.67. The van der Waals surface area contributed by atoms with Gasteiger partial charge in [0.2, 0.25) is 0 Å². The molecule has 0 bridgehead atoms. The highest BCUT2D eigenvalue weighted by Crippen LogP contribution is 2.30. The minimum absolute atomic E-state index is 0.272. The molecule has 1 aromatic heterocycles. The molecular weight excluding hydrogens is 245 g/mol. The van der Waals surface area contributed by atoms with Crippen LogP contribution < -0.4 is 5.73 Å². The van der Waals surface area contributed by atoms with Gasteiger partial charge in [0.05, 0.1) is 0 Å². The van der Waals surface area contributed by atoms with Crippen LogP contribution in [0.25, 0.3) is 0 Å². The molecule has 1 heterocycles. The van der Waals surface area contributed by atoms with Crippen LogP contribution in [0.5, 0.6) is 0 Å². The van der Waals surface area contributed by atoms with E-state index in [2.05, 4.69) is 10.2 Å². The lowest BCUT2D eigenvalue weighted by atomic mass is 10.2. The molecule has 2 aromatic rings. The van der Waals surface area contributed by atoms with Crippen molar-refractivity contribution in [3.8, 4) is 0 Å². The van der Waals surface area contributed by atoms with E-state index in [1.54, 1.807) is 0 Å². The van der Waals surface area contributed by atoms with Gasteiger partial charge in [-0.15, -0.1) is 10.2 Å². The summed E-state index contributed by atoms with van der Waals surface area (Å²) in [7, 11) is 0. The topological polar surface area (TPSA) is 51.8 Å². The first kappa shape index (κ1) is 11.5. The number of rotatable bonds is 3. The molecule has 6 heteroatoms. The Morgan fingerprint density at radius 1 is 1.38 bits per heavy atom. The van der Waals surface area contributed by atoms with E-state index in [4.69, 9.17) is 5.73 Å². The molecule has 0 radical (unpaired) electrons. The molecule has 0 aliphatic rings. The number of benzene rings is 1. The van der Waals surface area contributed by atoms with Crippen molar-refractivity contribution < 1.29 is 4.39 Å². The number of nitrogens with zero attached hydrogens (tertiary/aromatic N) is 2. The molecule has 0 aliphatic heterocycles. The van der Waals surface area contributed by atoms with Gasteiger partial charge < -0.3 is 5.73 Å². The third kappa shape index (κ3) is 2.78. The standard InChI is InChI=1S/C10H10FN3S2/c1-6-13-14-10(15-6)16-9-3-7(5-12)2-8(11)4-9/h2-4H,5,12H2,1H3. The predicted octanol–water partition coefficient (Wildman–Crippen LogP) is 2.60. The number of aromatic nitrogens is 2. The largest absolute Gasteiger partial charge is 0.326 e. The maximum atomic E-state index is 13.2. The van der Waals surface area contributed by atoms with E-state index >= 15 is 0 Å². The van der Waals surface area contributed by atoms with Crippen molar-refractivity contribution in [2.75, 3.05) is 0 Å². The summed E-state index contributed by atoms with van der Waals surface area (Å²) < 4.78 is 14.0. The molecule has 0 spiro atoms. The average molecular weight is 255 g/mol. The zero-order valence-corrected chi connectivity index (χ0v) is 10.2. The van der Waals surface area contributed by atoms with Gasteiger partial charge in [-0.1, -0.05) is 23.1 Å². The van der Waals surface area contributed by atoms with E-state index in [-0.39, 0.29) is 5.82 Å². The molecule has 3 nitrogen and oxygen atoms in total. The smallest absolute Gasteiger partial charge is 0.179 e. The van der Waals surface area contributed by atoms with E-state index in [1.807, 2.05) is 13.0 Å². The van der Waals surface area contributed by atoms with Gasteiger partial charge in [0.1, 0.15) is 10.8 Å². The number of halogens is 1. The van der Waals surface area contributed by atoms with Crippen LogP contribution in [0.2, 0.25) is 0 Å². The zero-order valence-electron chi connectivity index (χ0n) is 8.61. The van der Waals surface area contributed by atoms with Crippen molar-refractivity contribution in [2.45, 2.75) is 22.7 Å². The monoisotopic (exact) mass is 255 g/mol. The van der Waals surface area contributed by atoms with Gasteiger partial charge in [-0.05, 0) is 30.7 Å². The van der Waals surface area contributed by atoms with E-state index in [0.717, 1.165) is 19.8 Å². The second kappa shape index (κ2) is 4.90. The number of hydrogen-bond donors (Lipinski definition) is 1. The van der Waals surface area contributed by atoms with Gasteiger partial charge in [0.15, 0.2) is 4.34 Å². The molecular formula is C10H10FN3S2. The molecule has 0 saturated carbocycles. The Morgan fingerprint density at radius 2 is 2.19 bits per heavy atom. The highest BCUT2D eigenvalue weighted by molar-refractivity contribution is 8.01. The number of nitrogens with two attached hydrogens (primary N) is 1. The van der Waals surface area contributed by atoms with Crippen molar-refractivity contribution in [3.05, 3.63) is 34.6 Å². The Bertz CT molecular complexity index is 499. The third-order valence-corrected chi connectivity index (χ3v) is 3.74. The second-order valence-corrected chi connectivity index (χ2v) is 5.69. The summed E-state index contributed by atoms with van der Waals surface area (Å²) in [6, 6.07) is 4.78. The summed E-state index contributed by atoms with van der Waals surface area (Å²) in [5.41, 5.74) is 6.27. The lowest BCUT2D eigenvalue weighted by Crippen LogP contribution is -1.96. The summed E-state index contributed by atoms with van der Waals surface area (Å²) in [4.78, 5) is 0.802. The average Bonchev–Trinajstić information content (AvgIpc) is 2.63. The fraction of sp³-hybridized carbons (Fsp3) is 0.200. The second-order valence-electron chi connectivity index (χ2n) is 3.19. The number of aryl methyl sites for hydroxylation is 1. The van der Waals surface area contributed by atoms with Gasteiger partial charge in [0.25, 0.3) is 0 Å². The van der Waals surface area contributed by atoms with Crippen LogP contribution in [0, 0.1) is 12.7 Å². The van der Waals surface area contributed by atoms with Crippen molar-refractivity contribution in [3.63, 3.8) is 0 Å². The summed E-state index contributed by atoms with van der Waals surface area (Å²) in [5, 5.41) is 8.78. The summed E-state index contributed by atoms with van der Waals surface area (Å²) >= 11 is 2.89. The molecule has 0 aliphatic carbocycles. The fourth-order valence-corrected chi connectivity index (χ4v) is 3.12. The van der Waals surface area contributed by atoms with Gasteiger partial charge in [-0.2, -0.15) is 0 Å². The maximum absolute atomic E-state index is 13.2. The normalized spacial score (nSPS) is 10.7. The Labute approximate surface area is 101 Å². The van der Waals surface area contributed by atoms with E-state index in [0.29, 0.717) is 6.54 Å². The van der Waals surface area contributed by atoms with E-state index < -0.39 is 0 Å². The van der Waals surface area contributed by atoms with Crippen molar-refractivity contribution in [1.29, 1.82) is 0 Å². The molecule has 0 atom stereocenters. The van der Waals surface area contributed by atoms with E-state index in [1.165, 1.54) is 35.2 Å². The molecule has 0 unspecified atom stereocenters. The molecule has 2 N–H and O–H groups in total. The van der Waals surface area contributed by atoms with Crippen LogP contribution in [0.3, 0.4) is 0 Å². The molecule has 0 saturated heterocycles. The highest BCUT2D eigenvalue weighted by atomic mass is 32.2. The molecule has 16 heavy (non-hydrogen) atoms. The van der Waals surface area contributed by atoms with Gasteiger partial charge in [-0.25, -0.2) is 4.39 Å². The van der Waals surface area contributed by atoms with Crippen molar-refractivity contribution in [1.82, 2.24) is 10.2 Å². The third-order valence-electron chi connectivity index (χ3n) is 1.88. The molecule has 2 rings (SSSR count). The Morgan fingerprint density at radius 3 is 2.81 bits per heavy atom. The predicted molar refractivity (Wildman–Crippen MR) is 63.1 cm³/mol. The van der Waals surface area contributed by atoms with Gasteiger partial charge in [0, 0.05) is 11.4 Å². The maximum Gasteiger partial charge on any atom is 0.179 e. The Kier molecular flexibility index (Phi) is 3.52. The first-order valence-corrected chi connectivity index (χ1v) is 6.28. The van der Waals surface area contributed by atoms with Gasteiger partial charge >= 0.3 is 0 Å². The van der Waals surface area contributed by atoms with Crippen LogP contribution in [-0.4, -0.2) is 10.2 Å². The highest BCUT2D eigenvalue weighted by Gasteiger charge is 2.05. The quantitative estimate of drug-likeness (QED) is 0.916. The molecule has 0 fully saturated rings. The van der Waals surface area contributed by atoms with Gasteiger partial charge in [-0.3, -0.25) is 0 Å². The zero-order chi connectivity index (χ0) is 11.5. The Balaban J connectivity index is 2.24. The minimum atomic E-state index is -0.272.